The molecule has 0 rings (SSSR count). The van der Waals surface area contributed by atoms with Gasteiger partial charge in [-0.2, -0.15) is 0 Å². The maximum absolute atomic E-state index is 8.87. The average molecular weight is 126 g/mol. The predicted molar refractivity (Wildman–Crippen MR) is 13.0 cm³/mol. The van der Waals surface area contributed by atoms with E-state index in [1.165, 1.54) is 0 Å². The number of aliphatic hydroxyl groups excluding tert-OH is 1. The van der Waals surface area contributed by atoms with Gasteiger partial charge in [-0.3, -0.25) is 0 Å². The molecule has 0 saturated carbocycles. The number of hydrogen-bond acceptors (Lipinski definition) is 3. The third-order valence-corrected chi connectivity index (χ3v) is 0.0609. The van der Waals surface area contributed by atoms with Gasteiger partial charge < -0.3 is 9.90 Å². The molecule has 0 spiro atoms. The second-order valence-electron chi connectivity index (χ2n) is 0.285. The molecule has 4 heteroatoms. The Morgan fingerprint density at radius 2 is 1.83 bits per heavy atom. The van der Waals surface area contributed by atoms with Crippen LogP contribution in [0.25, 0.3) is 0 Å². The Bertz CT molecular complexity index is 30.0. The Labute approximate surface area is 44.6 Å². The Morgan fingerprint density at radius 1 is 1.67 bits per heavy atom. The van der Waals surface area contributed by atoms with Crippen LogP contribution in [0.1, 0.15) is 0 Å². The third kappa shape index (κ3) is 41.3. The topological polar surface area (TPSA) is 54.4 Å². The van der Waals surface area contributed by atoms with E-state index in [0.717, 1.165) is 17.4 Å². The summed E-state index contributed by atoms with van der Waals surface area (Å²) in [5.41, 5.74) is 0. The summed E-state index contributed by atoms with van der Waals surface area (Å²) in [5, 5.41) is 7.38. The first kappa shape index (κ1) is 9.30. The zero-order chi connectivity index (χ0) is 5.41. The van der Waals surface area contributed by atoms with Crippen molar-refractivity contribution in [2.24, 2.45) is 0 Å². The van der Waals surface area contributed by atoms with Crippen molar-refractivity contribution in [2.45, 2.75) is 0 Å². The minimum atomic E-state index is 0.306. The van der Waals surface area contributed by atoms with Crippen LogP contribution >= 0.6 is 0 Å². The molecule has 0 fully saturated rings. The summed E-state index contributed by atoms with van der Waals surface area (Å²) < 4.78 is 8.19. The standard InChI is InChI=1S/C2H3O2.O.V/c3-1-2-4;;/h1-3H;;/q-1;;. The van der Waals surface area contributed by atoms with Crippen LogP contribution in [0.15, 0.2) is 0 Å². The normalized spacial score (nSPS) is 4.00. The molecule has 0 unspecified atom stereocenters. The van der Waals surface area contributed by atoms with E-state index in [2.05, 4.69) is 0 Å². The quantitative estimate of drug-likeness (QED) is 0.384. The van der Waals surface area contributed by atoms with Crippen LogP contribution in [-0.4, -0.2) is 11.4 Å². The molecule has 0 radical (unpaired) electrons. The molecule has 1 N–H and O–H groups in total. The molecular weight excluding hydrogens is 123 g/mol. The monoisotopic (exact) mass is 126 g/mol. The number of aldehydes is 1. The van der Waals surface area contributed by atoms with Crippen LogP contribution in [0, 0.1) is 6.61 Å². The first-order valence-corrected chi connectivity index (χ1v) is 1.58. The first-order chi connectivity index (χ1) is 2.91. The zero-order valence-electron chi connectivity index (χ0n) is 2.87. The van der Waals surface area contributed by atoms with Crippen molar-refractivity contribution in [3.8, 4) is 0 Å². The van der Waals surface area contributed by atoms with Gasteiger partial charge in [0.25, 0.3) is 0 Å². The van der Waals surface area contributed by atoms with Gasteiger partial charge in [0.05, 0.1) is 0 Å². The summed E-state index contributed by atoms with van der Waals surface area (Å²) in [5.74, 6) is 0. The molecule has 35 valence electrons. The van der Waals surface area contributed by atoms with Crippen LogP contribution in [0.2, 0.25) is 0 Å². The molecule has 3 nitrogen and oxygen atoms in total. The molecule has 0 aromatic rings. The van der Waals surface area contributed by atoms with Gasteiger partial charge in [-0.1, -0.05) is 0 Å². The zero-order valence-corrected chi connectivity index (χ0v) is 4.26. The van der Waals surface area contributed by atoms with E-state index in [-0.39, 0.29) is 0 Å². The fraction of sp³-hybridized carbons (Fsp3) is 0. The van der Waals surface area contributed by atoms with Crippen molar-refractivity contribution in [3.63, 3.8) is 0 Å². The van der Waals surface area contributed by atoms with Crippen molar-refractivity contribution < 1.29 is 30.9 Å². The maximum atomic E-state index is 8.87. The fourth-order valence-electron chi connectivity index (χ4n) is 0. The SMILES string of the molecule is O=C[CH-]O.[O]=[V]. The van der Waals surface area contributed by atoms with Crippen LogP contribution in [0.3, 0.4) is 0 Å². The van der Waals surface area contributed by atoms with Crippen molar-refractivity contribution in [1.82, 2.24) is 0 Å². The van der Waals surface area contributed by atoms with E-state index in [1.54, 1.807) is 0 Å². The molecular formula is C2H3O3V-. The summed E-state index contributed by atoms with van der Waals surface area (Å²) in [4.78, 5) is 8.87. The minimum absolute atomic E-state index is 0.306. The van der Waals surface area contributed by atoms with Gasteiger partial charge in [0, 0.05) is 6.29 Å². The third-order valence-electron chi connectivity index (χ3n) is 0.0609. The van der Waals surface area contributed by atoms with E-state index < -0.39 is 0 Å². The molecule has 0 aromatic heterocycles. The van der Waals surface area contributed by atoms with Crippen molar-refractivity contribution in [2.75, 3.05) is 0 Å². The van der Waals surface area contributed by atoms with Crippen molar-refractivity contribution in [3.05, 3.63) is 6.61 Å². The molecule has 0 saturated heterocycles. The van der Waals surface area contributed by atoms with Gasteiger partial charge in [-0.05, 0) is 0 Å². The number of carbonyl (C=O) groups is 1. The second kappa shape index (κ2) is 20.8. The van der Waals surface area contributed by atoms with Gasteiger partial charge >= 0.3 is 21.0 Å². The van der Waals surface area contributed by atoms with Gasteiger partial charge in [-0.25, -0.2) is 6.61 Å². The molecule has 0 aliphatic heterocycles. The number of aliphatic hydroxyl groups is 1. The van der Waals surface area contributed by atoms with Crippen molar-refractivity contribution >= 4 is 6.29 Å². The molecule has 6 heavy (non-hydrogen) atoms. The van der Waals surface area contributed by atoms with Gasteiger partial charge in [0.2, 0.25) is 0 Å². The predicted octanol–water partition coefficient (Wildman–Crippen LogP) is -0.402. The Morgan fingerprint density at radius 3 is 1.83 bits per heavy atom. The molecule has 0 aliphatic carbocycles. The molecule has 0 amide bonds. The van der Waals surface area contributed by atoms with E-state index in [4.69, 9.17) is 13.6 Å². The Hall–Kier alpha value is -0.116. The van der Waals surface area contributed by atoms with E-state index in [0.29, 0.717) is 12.9 Å². The number of carbonyl (C=O) groups excluding carboxylic acids is 1. The first-order valence-electron chi connectivity index (χ1n) is 1.01. The van der Waals surface area contributed by atoms with Crippen LogP contribution in [0.4, 0.5) is 0 Å². The molecule has 0 bridgehead atoms. The van der Waals surface area contributed by atoms with Crippen molar-refractivity contribution in [1.29, 1.82) is 0 Å². The number of rotatable bonds is 1. The molecule has 0 aromatic carbocycles. The summed E-state index contributed by atoms with van der Waals surface area (Å²) in [7, 11) is 0. The van der Waals surface area contributed by atoms with Crippen LogP contribution < -0.4 is 0 Å². The number of hydrogen-bond donors (Lipinski definition) is 1. The Kier molecular flexibility index (Phi) is 32.2. The fourth-order valence-corrected chi connectivity index (χ4v) is 0. The van der Waals surface area contributed by atoms with E-state index >= 15 is 0 Å². The van der Waals surface area contributed by atoms with Gasteiger partial charge in [-0.15, -0.1) is 0 Å². The second-order valence-corrected chi connectivity index (χ2v) is 0.285. The van der Waals surface area contributed by atoms with Crippen LogP contribution in [-0.2, 0) is 25.8 Å². The summed E-state index contributed by atoms with van der Waals surface area (Å²) in [6.45, 7) is 0.444. The summed E-state index contributed by atoms with van der Waals surface area (Å²) in [6, 6.07) is 0. The van der Waals surface area contributed by atoms with Crippen LogP contribution in [0.5, 0.6) is 0 Å². The summed E-state index contributed by atoms with van der Waals surface area (Å²) >= 11 is 1.06. The van der Waals surface area contributed by atoms with E-state index in [9.17, 15) is 0 Å². The Balaban J connectivity index is 0. The molecule has 0 aliphatic rings. The van der Waals surface area contributed by atoms with E-state index in [1.807, 2.05) is 0 Å². The van der Waals surface area contributed by atoms with Gasteiger partial charge in [0.1, 0.15) is 0 Å². The summed E-state index contributed by atoms with van der Waals surface area (Å²) in [6.07, 6.45) is 0.306. The molecule has 0 heterocycles. The van der Waals surface area contributed by atoms with Gasteiger partial charge in [0.15, 0.2) is 0 Å². The molecule has 0 atom stereocenters. The average Bonchev–Trinajstić information content (AvgIpc) is 1.72.